The van der Waals surface area contributed by atoms with E-state index in [0.29, 0.717) is 19.4 Å². The normalized spacial score (nSPS) is 13.5. The van der Waals surface area contributed by atoms with Gasteiger partial charge in [0.15, 0.2) is 0 Å². The van der Waals surface area contributed by atoms with Crippen molar-refractivity contribution in [2.45, 2.75) is 25.0 Å². The van der Waals surface area contributed by atoms with Gasteiger partial charge in [-0.2, -0.15) is 11.8 Å². The molecule has 6 heteroatoms. The number of carbonyl (C=O) groups is 1. The third-order valence-electron chi connectivity index (χ3n) is 3.20. The molecule has 0 saturated heterocycles. The van der Waals surface area contributed by atoms with E-state index in [0.717, 1.165) is 17.1 Å². The highest BCUT2D eigenvalue weighted by atomic mass is 32.2. The zero-order valence-corrected chi connectivity index (χ0v) is 13.4. The van der Waals surface area contributed by atoms with Crippen LogP contribution in [0.1, 0.15) is 12.0 Å². The number of ether oxygens (including phenoxy) is 1. The smallest absolute Gasteiger partial charge is 0.250 e. The Morgan fingerprint density at radius 1 is 1.43 bits per heavy atom. The minimum Gasteiger partial charge on any atom is -0.497 e. The number of rotatable bonds is 9. The van der Waals surface area contributed by atoms with Gasteiger partial charge in [0, 0.05) is 12.6 Å². The molecular formula is C15H24N2O3S. The van der Waals surface area contributed by atoms with Gasteiger partial charge in [0.05, 0.1) is 7.11 Å². The lowest BCUT2D eigenvalue weighted by atomic mass is 10.1. The zero-order chi connectivity index (χ0) is 15.7. The van der Waals surface area contributed by atoms with Gasteiger partial charge in [0.25, 0.3) is 0 Å². The molecule has 0 bridgehead atoms. The molecule has 0 heterocycles. The van der Waals surface area contributed by atoms with Crippen LogP contribution in [-0.4, -0.2) is 48.8 Å². The van der Waals surface area contributed by atoms with E-state index in [4.69, 9.17) is 10.5 Å². The minimum absolute atomic E-state index is 0.405. The number of methoxy groups -OCH3 is 1. The van der Waals surface area contributed by atoms with Crippen LogP contribution in [0.25, 0.3) is 0 Å². The summed E-state index contributed by atoms with van der Waals surface area (Å²) in [6, 6.07) is 7.14. The van der Waals surface area contributed by atoms with Crippen molar-refractivity contribution in [3.8, 4) is 5.75 Å². The fraction of sp³-hybridized carbons (Fsp3) is 0.533. The maximum atomic E-state index is 11.8. The second kappa shape index (κ2) is 9.65. The van der Waals surface area contributed by atoms with E-state index in [-0.39, 0.29) is 0 Å². The predicted octanol–water partition coefficient (Wildman–Crippen LogP) is 0.795. The summed E-state index contributed by atoms with van der Waals surface area (Å²) in [5, 5.41) is 12.5. The van der Waals surface area contributed by atoms with Crippen LogP contribution in [-0.2, 0) is 11.2 Å². The Balaban J connectivity index is 2.31. The Morgan fingerprint density at radius 3 is 2.67 bits per heavy atom. The number of hydrogen-bond donors (Lipinski definition) is 3. The monoisotopic (exact) mass is 312 g/mol. The molecule has 1 aromatic carbocycles. The van der Waals surface area contributed by atoms with E-state index in [9.17, 15) is 9.90 Å². The van der Waals surface area contributed by atoms with E-state index in [1.54, 1.807) is 18.9 Å². The molecule has 0 aromatic heterocycles. The Labute approximate surface area is 130 Å². The lowest BCUT2D eigenvalue weighted by molar-refractivity contribution is -0.130. The summed E-state index contributed by atoms with van der Waals surface area (Å²) in [5.74, 6) is 1.23. The second-order valence-electron chi connectivity index (χ2n) is 4.78. The molecule has 4 N–H and O–H groups in total. The molecule has 0 spiro atoms. The van der Waals surface area contributed by atoms with Crippen LogP contribution in [0.3, 0.4) is 0 Å². The summed E-state index contributed by atoms with van der Waals surface area (Å²) in [7, 11) is 1.62. The number of aliphatic hydroxyl groups excluding tert-OH is 1. The summed E-state index contributed by atoms with van der Waals surface area (Å²) in [6.07, 6.45) is 2.14. The van der Waals surface area contributed by atoms with Gasteiger partial charge in [0.2, 0.25) is 5.91 Å². The van der Waals surface area contributed by atoms with Gasteiger partial charge in [-0.25, -0.2) is 0 Å². The number of thioether (sulfide) groups is 1. The maximum Gasteiger partial charge on any atom is 0.250 e. The second-order valence-corrected chi connectivity index (χ2v) is 5.76. The van der Waals surface area contributed by atoms with E-state index in [1.165, 1.54) is 0 Å². The largest absolute Gasteiger partial charge is 0.497 e. The summed E-state index contributed by atoms with van der Waals surface area (Å²) in [5.41, 5.74) is 6.88. The van der Waals surface area contributed by atoms with Crippen LogP contribution in [0.2, 0.25) is 0 Å². The van der Waals surface area contributed by atoms with Crippen molar-refractivity contribution in [2.24, 2.45) is 5.73 Å². The highest BCUT2D eigenvalue weighted by Crippen LogP contribution is 2.11. The molecular weight excluding hydrogens is 288 g/mol. The first-order chi connectivity index (χ1) is 10.1. The molecule has 0 aliphatic heterocycles. The number of amides is 1. The molecule has 1 rings (SSSR count). The van der Waals surface area contributed by atoms with Crippen molar-refractivity contribution < 1.29 is 14.6 Å². The highest BCUT2D eigenvalue weighted by molar-refractivity contribution is 7.98. The molecule has 0 fully saturated rings. The topological polar surface area (TPSA) is 84.6 Å². The summed E-state index contributed by atoms with van der Waals surface area (Å²) in [4.78, 5) is 11.8. The number of benzene rings is 1. The van der Waals surface area contributed by atoms with E-state index in [2.05, 4.69) is 5.32 Å². The van der Waals surface area contributed by atoms with Gasteiger partial charge in [0.1, 0.15) is 11.9 Å². The Morgan fingerprint density at radius 2 is 2.10 bits per heavy atom. The molecule has 5 nitrogen and oxygen atoms in total. The highest BCUT2D eigenvalue weighted by Gasteiger charge is 2.21. The third kappa shape index (κ3) is 6.37. The molecule has 2 unspecified atom stereocenters. The van der Waals surface area contributed by atoms with Crippen LogP contribution in [0.5, 0.6) is 5.75 Å². The molecule has 1 amide bonds. The minimum atomic E-state index is -1.15. The summed E-state index contributed by atoms with van der Waals surface area (Å²) >= 11 is 1.64. The molecule has 1 aromatic rings. The number of nitrogens with two attached hydrogens (primary N) is 1. The van der Waals surface area contributed by atoms with Crippen molar-refractivity contribution in [3.63, 3.8) is 0 Å². The van der Waals surface area contributed by atoms with Crippen LogP contribution in [0, 0.1) is 0 Å². The van der Waals surface area contributed by atoms with Crippen molar-refractivity contribution in [3.05, 3.63) is 29.8 Å². The molecule has 0 radical (unpaired) electrons. The average Bonchev–Trinajstić information content (AvgIpc) is 2.52. The van der Waals surface area contributed by atoms with Crippen LogP contribution >= 0.6 is 11.8 Å². The fourth-order valence-corrected chi connectivity index (χ4v) is 2.34. The van der Waals surface area contributed by atoms with Crippen LogP contribution in [0.15, 0.2) is 24.3 Å². The van der Waals surface area contributed by atoms with Crippen LogP contribution in [0.4, 0.5) is 0 Å². The lowest BCUT2D eigenvalue weighted by Gasteiger charge is -2.18. The summed E-state index contributed by atoms with van der Waals surface area (Å²) in [6.45, 7) is 0.470. The quantitative estimate of drug-likeness (QED) is 0.628. The predicted molar refractivity (Wildman–Crippen MR) is 86.7 cm³/mol. The standard InChI is InChI=1S/C15H24N2O3S/c1-20-12-5-3-11(4-6-12)7-9-17-15(19)14(18)13(16)8-10-21-2/h3-6,13-14,18H,7-10,16H2,1-2H3,(H,17,19). The number of nitrogens with one attached hydrogen (secondary N) is 1. The van der Waals surface area contributed by atoms with E-state index in [1.807, 2.05) is 30.5 Å². The van der Waals surface area contributed by atoms with Crippen molar-refractivity contribution >= 4 is 17.7 Å². The van der Waals surface area contributed by atoms with Crippen molar-refractivity contribution in [1.82, 2.24) is 5.32 Å². The van der Waals surface area contributed by atoms with Gasteiger partial charge in [-0.05, 0) is 42.5 Å². The van der Waals surface area contributed by atoms with E-state index >= 15 is 0 Å². The van der Waals surface area contributed by atoms with Crippen LogP contribution < -0.4 is 15.8 Å². The van der Waals surface area contributed by atoms with Gasteiger partial charge >= 0.3 is 0 Å². The first-order valence-corrected chi connectivity index (χ1v) is 8.31. The molecule has 21 heavy (non-hydrogen) atoms. The first kappa shape index (κ1) is 17.8. The molecule has 0 aliphatic carbocycles. The SMILES string of the molecule is COc1ccc(CCNC(=O)C(O)C(N)CCSC)cc1. The Kier molecular flexibility index (Phi) is 8.19. The number of aliphatic hydroxyl groups is 1. The van der Waals surface area contributed by atoms with Gasteiger partial charge in [-0.3, -0.25) is 4.79 Å². The Hall–Kier alpha value is -1.24. The van der Waals surface area contributed by atoms with Gasteiger partial charge in [-0.15, -0.1) is 0 Å². The molecule has 0 aliphatic rings. The maximum absolute atomic E-state index is 11.8. The lowest BCUT2D eigenvalue weighted by Crippen LogP contribution is -2.47. The number of hydrogen-bond acceptors (Lipinski definition) is 5. The Bertz CT molecular complexity index is 425. The van der Waals surface area contributed by atoms with Gasteiger partial charge in [-0.1, -0.05) is 12.1 Å². The average molecular weight is 312 g/mol. The molecule has 118 valence electrons. The fourth-order valence-electron chi connectivity index (χ4n) is 1.83. The summed E-state index contributed by atoms with van der Waals surface area (Å²) < 4.78 is 5.08. The first-order valence-electron chi connectivity index (χ1n) is 6.91. The zero-order valence-electron chi connectivity index (χ0n) is 12.5. The van der Waals surface area contributed by atoms with E-state index < -0.39 is 18.1 Å². The van der Waals surface area contributed by atoms with Crippen molar-refractivity contribution in [2.75, 3.05) is 25.7 Å². The molecule has 2 atom stereocenters. The van der Waals surface area contributed by atoms with Gasteiger partial charge < -0.3 is 20.9 Å². The third-order valence-corrected chi connectivity index (χ3v) is 3.85. The molecule has 0 saturated carbocycles. The van der Waals surface area contributed by atoms with Crippen molar-refractivity contribution in [1.29, 1.82) is 0 Å². The number of carbonyl (C=O) groups excluding carboxylic acids is 1.